The summed E-state index contributed by atoms with van der Waals surface area (Å²) in [6.07, 6.45) is 0.717. The summed E-state index contributed by atoms with van der Waals surface area (Å²) in [6, 6.07) is 10.6. The van der Waals surface area contributed by atoms with Crippen LogP contribution in [0.5, 0.6) is 0 Å². The fraction of sp³-hybridized carbons (Fsp3) is 0.625. The van der Waals surface area contributed by atoms with Gasteiger partial charge in [0.15, 0.2) is 0 Å². The van der Waals surface area contributed by atoms with Gasteiger partial charge in [0.1, 0.15) is 0 Å². The fourth-order valence-corrected chi connectivity index (χ4v) is 2.96. The van der Waals surface area contributed by atoms with Crippen LogP contribution in [0.2, 0.25) is 0 Å². The van der Waals surface area contributed by atoms with E-state index in [9.17, 15) is 8.78 Å². The first kappa shape index (κ1) is 15.4. The van der Waals surface area contributed by atoms with Crippen LogP contribution in [0.15, 0.2) is 30.3 Å². The number of alkyl halides is 2. The third-order valence-corrected chi connectivity index (χ3v) is 3.94. The van der Waals surface area contributed by atoms with Gasteiger partial charge in [-0.15, -0.1) is 0 Å². The second-order valence-electron chi connectivity index (χ2n) is 5.58. The molecule has 1 fully saturated rings. The zero-order chi connectivity index (χ0) is 14.4. The van der Waals surface area contributed by atoms with Crippen molar-refractivity contribution in [2.45, 2.75) is 44.7 Å². The van der Waals surface area contributed by atoms with Crippen LogP contribution in [-0.2, 0) is 6.42 Å². The monoisotopic (exact) mass is 282 g/mol. The van der Waals surface area contributed by atoms with Crippen LogP contribution in [-0.4, -0.2) is 43.0 Å². The molecule has 4 heteroatoms. The maximum atomic E-state index is 12.8. The predicted octanol–water partition coefficient (Wildman–Crippen LogP) is 2.94. The van der Waals surface area contributed by atoms with Crippen LogP contribution in [0.4, 0.5) is 8.78 Å². The molecule has 2 nitrogen and oxygen atoms in total. The van der Waals surface area contributed by atoms with E-state index in [-0.39, 0.29) is 12.6 Å². The van der Waals surface area contributed by atoms with Crippen LogP contribution in [0.25, 0.3) is 0 Å². The minimum Gasteiger partial charge on any atom is -0.311 e. The van der Waals surface area contributed by atoms with E-state index in [4.69, 9.17) is 0 Å². The molecule has 1 aromatic rings. The molecule has 1 N–H and O–H groups in total. The second kappa shape index (κ2) is 7.70. The Morgan fingerprint density at radius 1 is 1.30 bits per heavy atom. The zero-order valence-electron chi connectivity index (χ0n) is 12.1. The molecule has 2 atom stereocenters. The first-order valence-corrected chi connectivity index (χ1v) is 7.48. The SMILES string of the molecule is CCCC1CN(CC(F)F)C(Cc2ccccc2)CN1. The van der Waals surface area contributed by atoms with Crippen molar-refractivity contribution in [2.24, 2.45) is 0 Å². The maximum Gasteiger partial charge on any atom is 0.251 e. The summed E-state index contributed by atoms with van der Waals surface area (Å²) < 4.78 is 25.6. The smallest absolute Gasteiger partial charge is 0.251 e. The van der Waals surface area contributed by atoms with Gasteiger partial charge in [0, 0.05) is 25.2 Å². The van der Waals surface area contributed by atoms with Gasteiger partial charge in [0.2, 0.25) is 0 Å². The van der Waals surface area contributed by atoms with E-state index in [2.05, 4.69) is 24.4 Å². The summed E-state index contributed by atoms with van der Waals surface area (Å²) in [6.45, 7) is 3.55. The van der Waals surface area contributed by atoms with E-state index in [0.29, 0.717) is 6.04 Å². The molecule has 112 valence electrons. The van der Waals surface area contributed by atoms with Crippen molar-refractivity contribution >= 4 is 0 Å². The molecule has 0 spiro atoms. The summed E-state index contributed by atoms with van der Waals surface area (Å²) >= 11 is 0. The molecule has 1 heterocycles. The van der Waals surface area contributed by atoms with Crippen molar-refractivity contribution in [1.29, 1.82) is 0 Å². The number of nitrogens with one attached hydrogen (secondary N) is 1. The Balaban J connectivity index is 1.98. The van der Waals surface area contributed by atoms with E-state index in [1.807, 2.05) is 23.1 Å². The van der Waals surface area contributed by atoms with E-state index in [1.165, 1.54) is 5.56 Å². The quantitative estimate of drug-likeness (QED) is 0.863. The van der Waals surface area contributed by atoms with E-state index in [0.717, 1.165) is 32.4 Å². The lowest BCUT2D eigenvalue weighted by atomic mass is 9.99. The highest BCUT2D eigenvalue weighted by Crippen LogP contribution is 2.16. The van der Waals surface area contributed by atoms with Crippen molar-refractivity contribution in [3.8, 4) is 0 Å². The summed E-state index contributed by atoms with van der Waals surface area (Å²) in [5.41, 5.74) is 1.22. The normalized spacial score (nSPS) is 24.2. The van der Waals surface area contributed by atoms with Gasteiger partial charge in [0.05, 0.1) is 6.54 Å². The van der Waals surface area contributed by atoms with Gasteiger partial charge in [-0.05, 0) is 18.4 Å². The Kier molecular flexibility index (Phi) is 5.92. The minimum atomic E-state index is -2.26. The molecule has 0 amide bonds. The average Bonchev–Trinajstić information content (AvgIpc) is 2.42. The lowest BCUT2D eigenvalue weighted by Crippen LogP contribution is -2.58. The van der Waals surface area contributed by atoms with Crippen LogP contribution in [0.1, 0.15) is 25.3 Å². The van der Waals surface area contributed by atoms with E-state index >= 15 is 0 Å². The van der Waals surface area contributed by atoms with Crippen molar-refractivity contribution in [2.75, 3.05) is 19.6 Å². The third kappa shape index (κ3) is 4.53. The van der Waals surface area contributed by atoms with Crippen molar-refractivity contribution in [3.63, 3.8) is 0 Å². The Hall–Kier alpha value is -1.00. The molecule has 1 aromatic carbocycles. The zero-order valence-corrected chi connectivity index (χ0v) is 12.1. The highest BCUT2D eigenvalue weighted by atomic mass is 19.3. The summed E-state index contributed by atoms with van der Waals surface area (Å²) in [4.78, 5) is 1.97. The molecule has 0 aliphatic carbocycles. The Labute approximate surface area is 120 Å². The van der Waals surface area contributed by atoms with Crippen LogP contribution in [0, 0.1) is 0 Å². The lowest BCUT2D eigenvalue weighted by molar-refractivity contribution is 0.0419. The van der Waals surface area contributed by atoms with Gasteiger partial charge in [-0.2, -0.15) is 0 Å². The summed E-state index contributed by atoms with van der Waals surface area (Å²) in [5, 5.41) is 3.51. The van der Waals surface area contributed by atoms with Crippen LogP contribution >= 0.6 is 0 Å². The number of piperazine rings is 1. The number of hydrogen-bond donors (Lipinski definition) is 1. The molecule has 0 bridgehead atoms. The third-order valence-electron chi connectivity index (χ3n) is 3.94. The molecular formula is C16H24F2N2. The number of hydrogen-bond acceptors (Lipinski definition) is 2. The van der Waals surface area contributed by atoms with Crippen LogP contribution < -0.4 is 5.32 Å². The van der Waals surface area contributed by atoms with Crippen LogP contribution in [0.3, 0.4) is 0 Å². The fourth-order valence-electron chi connectivity index (χ4n) is 2.96. The van der Waals surface area contributed by atoms with Gasteiger partial charge < -0.3 is 5.32 Å². The lowest BCUT2D eigenvalue weighted by Gasteiger charge is -2.40. The van der Waals surface area contributed by atoms with Crippen molar-refractivity contribution in [3.05, 3.63) is 35.9 Å². The van der Waals surface area contributed by atoms with Gasteiger partial charge in [-0.25, -0.2) is 8.78 Å². The second-order valence-corrected chi connectivity index (χ2v) is 5.58. The minimum absolute atomic E-state index is 0.112. The number of benzene rings is 1. The van der Waals surface area contributed by atoms with Gasteiger partial charge in [-0.3, -0.25) is 4.90 Å². The summed E-state index contributed by atoms with van der Waals surface area (Å²) in [5.74, 6) is 0. The first-order valence-electron chi connectivity index (χ1n) is 7.48. The molecule has 2 unspecified atom stereocenters. The molecule has 0 aromatic heterocycles. The topological polar surface area (TPSA) is 15.3 Å². The number of nitrogens with zero attached hydrogens (tertiary/aromatic N) is 1. The van der Waals surface area contributed by atoms with Crippen molar-refractivity contribution < 1.29 is 8.78 Å². The van der Waals surface area contributed by atoms with Gasteiger partial charge in [-0.1, -0.05) is 43.7 Å². The van der Waals surface area contributed by atoms with E-state index < -0.39 is 6.43 Å². The highest BCUT2D eigenvalue weighted by Gasteiger charge is 2.29. The molecule has 20 heavy (non-hydrogen) atoms. The molecule has 1 aliphatic heterocycles. The molecule has 1 saturated heterocycles. The Morgan fingerprint density at radius 3 is 2.70 bits per heavy atom. The summed E-state index contributed by atoms with van der Waals surface area (Å²) in [7, 11) is 0. The molecule has 0 saturated carbocycles. The number of halogens is 2. The molecule has 1 aliphatic rings. The molecule has 0 radical (unpaired) electrons. The maximum absolute atomic E-state index is 12.8. The van der Waals surface area contributed by atoms with Crippen molar-refractivity contribution in [1.82, 2.24) is 10.2 Å². The Morgan fingerprint density at radius 2 is 2.05 bits per heavy atom. The highest BCUT2D eigenvalue weighted by molar-refractivity contribution is 5.16. The van der Waals surface area contributed by atoms with Gasteiger partial charge in [0.25, 0.3) is 6.43 Å². The van der Waals surface area contributed by atoms with Gasteiger partial charge >= 0.3 is 0 Å². The first-order chi connectivity index (χ1) is 9.69. The predicted molar refractivity (Wildman–Crippen MR) is 78.2 cm³/mol. The molecular weight excluding hydrogens is 258 g/mol. The Bertz CT molecular complexity index is 383. The number of rotatable bonds is 6. The van der Waals surface area contributed by atoms with E-state index in [1.54, 1.807) is 0 Å². The largest absolute Gasteiger partial charge is 0.311 e. The average molecular weight is 282 g/mol. The molecule has 2 rings (SSSR count). The standard InChI is InChI=1S/C16H24F2N2/c1-2-6-14-11-20(12-16(17)18)15(10-19-14)9-13-7-4-3-5-8-13/h3-5,7-8,14-16,19H,2,6,9-12H2,1H3.